The molecule has 0 aliphatic heterocycles. The van der Waals surface area contributed by atoms with Crippen LogP contribution in [0.5, 0.6) is 0 Å². The van der Waals surface area contributed by atoms with Gasteiger partial charge in [-0.05, 0) is 26.0 Å². The summed E-state index contributed by atoms with van der Waals surface area (Å²) in [5.74, 6) is 1.21. The van der Waals surface area contributed by atoms with Crippen LogP contribution in [0.15, 0.2) is 4.90 Å². The molecule has 1 heterocycles. The van der Waals surface area contributed by atoms with Gasteiger partial charge in [-0.2, -0.15) is 21.2 Å². The molecule has 1 aromatic heterocycles. The van der Waals surface area contributed by atoms with Crippen molar-refractivity contribution in [3.8, 4) is 0 Å². The van der Waals surface area contributed by atoms with Crippen LogP contribution in [0.2, 0.25) is 0 Å². The van der Waals surface area contributed by atoms with Gasteiger partial charge in [0.1, 0.15) is 4.90 Å². The third-order valence-corrected chi connectivity index (χ3v) is 5.83. The molecule has 0 aliphatic rings. The number of sulfonamides is 1. The Bertz CT molecular complexity index is 550. The van der Waals surface area contributed by atoms with Crippen LogP contribution in [0.4, 0.5) is 0 Å². The van der Waals surface area contributed by atoms with E-state index in [1.807, 2.05) is 13.2 Å². The van der Waals surface area contributed by atoms with Gasteiger partial charge in [-0.25, -0.2) is 8.42 Å². The van der Waals surface area contributed by atoms with E-state index in [0.29, 0.717) is 23.1 Å². The molecule has 7 heteroatoms. The second kappa shape index (κ2) is 6.95. The predicted molar refractivity (Wildman–Crippen MR) is 84.7 cm³/mol. The average Bonchev–Trinajstić information content (AvgIpc) is 2.60. The summed E-state index contributed by atoms with van der Waals surface area (Å²) in [5, 5.41) is 4.38. The van der Waals surface area contributed by atoms with Crippen molar-refractivity contribution in [2.45, 2.75) is 39.1 Å². The largest absolute Gasteiger partial charge is 0.268 e. The molecule has 0 atom stereocenters. The second-order valence-electron chi connectivity index (χ2n) is 5.40. The van der Waals surface area contributed by atoms with Crippen LogP contribution in [-0.2, 0) is 16.6 Å². The lowest BCUT2D eigenvalue weighted by Gasteiger charge is -2.17. The summed E-state index contributed by atoms with van der Waals surface area (Å²) in [6.45, 7) is 9.02. The van der Waals surface area contributed by atoms with Gasteiger partial charge < -0.3 is 0 Å². The molecule has 0 fully saturated rings. The molecule has 0 aliphatic carbocycles. The maximum atomic E-state index is 12.6. The molecule has 0 saturated heterocycles. The summed E-state index contributed by atoms with van der Waals surface area (Å²) < 4.78 is 28.5. The minimum absolute atomic E-state index is 0.363. The zero-order valence-electron chi connectivity index (χ0n) is 13.2. The van der Waals surface area contributed by atoms with E-state index < -0.39 is 10.0 Å². The minimum atomic E-state index is -3.45. The first-order chi connectivity index (χ1) is 9.21. The lowest BCUT2D eigenvalue weighted by molar-refractivity contribution is 0.469. The van der Waals surface area contributed by atoms with E-state index >= 15 is 0 Å². The summed E-state index contributed by atoms with van der Waals surface area (Å²) in [6.07, 6.45) is 1.97. The van der Waals surface area contributed by atoms with Crippen molar-refractivity contribution in [3.05, 3.63) is 11.4 Å². The maximum Gasteiger partial charge on any atom is 0.246 e. The van der Waals surface area contributed by atoms with Crippen molar-refractivity contribution in [1.82, 2.24) is 14.1 Å². The summed E-state index contributed by atoms with van der Waals surface area (Å²) >= 11 is 1.64. The Balaban J connectivity index is 3.15. The van der Waals surface area contributed by atoms with Crippen molar-refractivity contribution >= 4 is 21.8 Å². The Morgan fingerprint density at radius 2 is 1.95 bits per heavy atom. The van der Waals surface area contributed by atoms with Crippen molar-refractivity contribution in [2.75, 3.05) is 25.6 Å². The first kappa shape index (κ1) is 17.5. The summed E-state index contributed by atoms with van der Waals surface area (Å²) in [4.78, 5) is 0.363. The molecule has 0 N–H and O–H groups in total. The molecular formula is C13H25N3O2S2. The van der Waals surface area contributed by atoms with Gasteiger partial charge in [-0.1, -0.05) is 13.8 Å². The molecule has 1 rings (SSSR count). The van der Waals surface area contributed by atoms with E-state index in [1.165, 1.54) is 4.31 Å². The second-order valence-corrected chi connectivity index (χ2v) is 8.36. The molecule has 0 unspecified atom stereocenters. The molecule has 20 heavy (non-hydrogen) atoms. The normalized spacial score (nSPS) is 12.6. The number of hydrogen-bond donors (Lipinski definition) is 0. The zero-order valence-corrected chi connectivity index (χ0v) is 14.8. The fourth-order valence-corrected chi connectivity index (χ4v) is 4.18. The first-order valence-corrected chi connectivity index (χ1v) is 9.54. The van der Waals surface area contributed by atoms with Gasteiger partial charge in [0, 0.05) is 25.9 Å². The van der Waals surface area contributed by atoms with Crippen molar-refractivity contribution in [2.24, 2.45) is 5.92 Å². The van der Waals surface area contributed by atoms with Crippen LogP contribution in [0.3, 0.4) is 0 Å². The van der Waals surface area contributed by atoms with Crippen LogP contribution in [-0.4, -0.2) is 48.1 Å². The van der Waals surface area contributed by atoms with Crippen LogP contribution >= 0.6 is 11.8 Å². The third kappa shape index (κ3) is 3.77. The van der Waals surface area contributed by atoms with E-state index in [4.69, 9.17) is 0 Å². The summed E-state index contributed by atoms with van der Waals surface area (Å²) in [6, 6.07) is 0. The highest BCUT2D eigenvalue weighted by Gasteiger charge is 2.28. The zero-order chi connectivity index (χ0) is 15.5. The summed E-state index contributed by atoms with van der Waals surface area (Å²) in [5.41, 5.74) is 1.31. The molecule has 5 nitrogen and oxygen atoms in total. The fourth-order valence-electron chi connectivity index (χ4n) is 2.07. The highest BCUT2D eigenvalue weighted by Crippen LogP contribution is 2.23. The molecule has 0 saturated carbocycles. The topological polar surface area (TPSA) is 55.2 Å². The quantitative estimate of drug-likeness (QED) is 0.772. The lowest BCUT2D eigenvalue weighted by Crippen LogP contribution is -2.30. The van der Waals surface area contributed by atoms with Crippen LogP contribution < -0.4 is 0 Å². The SMILES string of the molecule is CSCCN(C)S(=O)(=O)c1c(C)nn(CC(C)C)c1C. The molecule has 0 radical (unpaired) electrons. The number of rotatable bonds is 7. The number of aryl methyl sites for hydroxylation is 1. The van der Waals surface area contributed by atoms with Gasteiger partial charge in [0.2, 0.25) is 10.0 Å². The van der Waals surface area contributed by atoms with E-state index in [-0.39, 0.29) is 0 Å². The Morgan fingerprint density at radius 1 is 1.35 bits per heavy atom. The first-order valence-electron chi connectivity index (χ1n) is 6.71. The Hall–Kier alpha value is -0.530. The number of nitrogens with zero attached hydrogens (tertiary/aromatic N) is 3. The van der Waals surface area contributed by atoms with Crippen molar-refractivity contribution in [3.63, 3.8) is 0 Å². The number of aromatic nitrogens is 2. The monoisotopic (exact) mass is 319 g/mol. The van der Waals surface area contributed by atoms with E-state index in [1.54, 1.807) is 30.4 Å². The molecule has 0 spiro atoms. The fraction of sp³-hybridized carbons (Fsp3) is 0.769. The summed E-state index contributed by atoms with van der Waals surface area (Å²) in [7, 11) is -1.82. The standard InChI is InChI=1S/C13H25N3O2S2/c1-10(2)9-16-12(4)13(11(3)14-16)20(17,18)15(5)7-8-19-6/h10H,7-9H2,1-6H3. The third-order valence-electron chi connectivity index (χ3n) is 3.13. The van der Waals surface area contributed by atoms with E-state index in [0.717, 1.165) is 18.0 Å². The lowest BCUT2D eigenvalue weighted by atomic mass is 10.2. The number of thioether (sulfide) groups is 1. The molecule has 0 bridgehead atoms. The Labute approximate surface area is 126 Å². The molecule has 116 valence electrons. The van der Waals surface area contributed by atoms with Gasteiger partial charge in [0.05, 0.1) is 11.4 Å². The predicted octanol–water partition coefficient (Wildman–Crippen LogP) is 2.14. The van der Waals surface area contributed by atoms with Gasteiger partial charge >= 0.3 is 0 Å². The van der Waals surface area contributed by atoms with Gasteiger partial charge in [-0.3, -0.25) is 4.68 Å². The molecular weight excluding hydrogens is 294 g/mol. The smallest absolute Gasteiger partial charge is 0.246 e. The molecule has 0 aromatic carbocycles. The van der Waals surface area contributed by atoms with Crippen LogP contribution in [0.25, 0.3) is 0 Å². The van der Waals surface area contributed by atoms with Gasteiger partial charge in [0.25, 0.3) is 0 Å². The van der Waals surface area contributed by atoms with Gasteiger partial charge in [-0.15, -0.1) is 0 Å². The Kier molecular flexibility index (Phi) is 6.09. The average molecular weight is 319 g/mol. The maximum absolute atomic E-state index is 12.6. The highest BCUT2D eigenvalue weighted by atomic mass is 32.2. The Morgan fingerprint density at radius 3 is 2.45 bits per heavy atom. The minimum Gasteiger partial charge on any atom is -0.268 e. The van der Waals surface area contributed by atoms with Crippen molar-refractivity contribution in [1.29, 1.82) is 0 Å². The van der Waals surface area contributed by atoms with Crippen molar-refractivity contribution < 1.29 is 8.42 Å². The van der Waals surface area contributed by atoms with Gasteiger partial charge in [0.15, 0.2) is 0 Å². The van der Waals surface area contributed by atoms with Crippen LogP contribution in [0, 0.1) is 19.8 Å². The van der Waals surface area contributed by atoms with Crippen LogP contribution in [0.1, 0.15) is 25.2 Å². The molecule has 0 amide bonds. The van der Waals surface area contributed by atoms with E-state index in [2.05, 4.69) is 18.9 Å². The van der Waals surface area contributed by atoms with E-state index in [9.17, 15) is 8.42 Å². The molecule has 1 aromatic rings. The highest BCUT2D eigenvalue weighted by molar-refractivity contribution is 7.98. The number of hydrogen-bond acceptors (Lipinski definition) is 4.